The number of halogens is 2. The normalized spacial score (nSPS) is 29.8. The van der Waals surface area contributed by atoms with Gasteiger partial charge in [-0.1, -0.05) is 40.7 Å². The van der Waals surface area contributed by atoms with Crippen LogP contribution in [0.3, 0.4) is 0 Å². The molecule has 2 aliphatic carbocycles. The van der Waals surface area contributed by atoms with Crippen molar-refractivity contribution in [2.75, 3.05) is 58.4 Å². The molecule has 4 fully saturated rings. The number of piperazine rings is 1. The molecule has 16 heteroatoms. The first-order chi connectivity index (χ1) is 29.9. The van der Waals surface area contributed by atoms with Gasteiger partial charge in [-0.3, -0.25) is 24.4 Å². The van der Waals surface area contributed by atoms with E-state index >= 15 is 8.78 Å². The topological polar surface area (TPSA) is 134 Å². The number of fused-ring (bicyclic) bond motifs is 8. The van der Waals surface area contributed by atoms with Crippen molar-refractivity contribution < 1.29 is 32.6 Å². The molecule has 2 saturated carbocycles. The highest BCUT2D eigenvalue weighted by molar-refractivity contribution is 7.10. The number of aromatic nitrogens is 3. The van der Waals surface area contributed by atoms with Crippen LogP contribution in [0.5, 0.6) is 0 Å². The maximum Gasteiger partial charge on any atom is 0.325 e. The Morgan fingerprint density at radius 1 is 1.11 bits per heavy atom. The summed E-state index contributed by atoms with van der Waals surface area (Å²) in [7, 11) is 3.82. The number of carbonyl (C=O) groups is 3. The van der Waals surface area contributed by atoms with Gasteiger partial charge in [-0.15, -0.1) is 11.3 Å². The van der Waals surface area contributed by atoms with E-state index in [0.29, 0.717) is 18.0 Å². The summed E-state index contributed by atoms with van der Waals surface area (Å²) >= 11 is 1.38. The van der Waals surface area contributed by atoms with E-state index in [9.17, 15) is 14.4 Å². The Morgan fingerprint density at radius 2 is 1.84 bits per heavy atom. The van der Waals surface area contributed by atoms with Crippen LogP contribution in [0.25, 0.3) is 33.4 Å². The lowest BCUT2D eigenvalue weighted by Crippen LogP contribution is -2.62. The van der Waals surface area contributed by atoms with E-state index < -0.39 is 46.6 Å². The molecule has 6 heterocycles. The molecule has 3 aromatic heterocycles. The molecule has 13 nitrogen and oxygen atoms in total. The largest absolute Gasteiger partial charge is 0.464 e. The van der Waals surface area contributed by atoms with Crippen LogP contribution in [0, 0.1) is 34.5 Å². The first-order valence-corrected chi connectivity index (χ1v) is 23.2. The van der Waals surface area contributed by atoms with Gasteiger partial charge in [0.2, 0.25) is 5.91 Å². The van der Waals surface area contributed by atoms with Crippen LogP contribution in [-0.4, -0.2) is 114 Å². The number of thiazole rings is 1. The SMILES string of the molecule is CCn1c(-c2cc(N3CCN(C)CC3)cnc2[C@H](C)OC)c2c3cc(ccc31)-c1csc(n1)C[C@H](NC(=O)C1[C@@H](C)[C@H]1C)C(=O)N1C[C@]3(C)[C@H]([C@H](N1)C(=O)OCC(C)(C)C2)C3(F)F. The number of pyridine rings is 1. The third-order valence-corrected chi connectivity index (χ3v) is 15.7. The molecular formula is C47H60F2N8O5S. The predicted molar refractivity (Wildman–Crippen MR) is 238 cm³/mol. The summed E-state index contributed by atoms with van der Waals surface area (Å²) < 4.78 is 45.9. The van der Waals surface area contributed by atoms with Crippen LogP contribution in [0.15, 0.2) is 35.8 Å². The van der Waals surface area contributed by atoms with Crippen LogP contribution >= 0.6 is 11.3 Å². The molecule has 2 saturated heterocycles. The number of aryl methyl sites for hydroxylation is 1. The third-order valence-electron chi connectivity index (χ3n) is 14.9. The number of hydrazine groups is 1. The van der Waals surface area contributed by atoms with Crippen molar-refractivity contribution in [3.63, 3.8) is 0 Å². The number of amides is 2. The molecule has 63 heavy (non-hydrogen) atoms. The second kappa shape index (κ2) is 15.9. The summed E-state index contributed by atoms with van der Waals surface area (Å²) in [6, 6.07) is 6.00. The predicted octanol–water partition coefficient (Wildman–Crippen LogP) is 6.35. The molecule has 5 aliphatic rings. The van der Waals surface area contributed by atoms with Crippen LogP contribution in [0.2, 0.25) is 0 Å². The van der Waals surface area contributed by atoms with Crippen molar-refractivity contribution in [1.82, 2.24) is 35.2 Å². The van der Waals surface area contributed by atoms with E-state index in [-0.39, 0.29) is 49.3 Å². The van der Waals surface area contributed by atoms with Gasteiger partial charge in [-0.25, -0.2) is 19.2 Å². The molecule has 3 aliphatic heterocycles. The minimum Gasteiger partial charge on any atom is -0.464 e. The quantitative estimate of drug-likeness (QED) is 0.203. The second-order valence-electron chi connectivity index (χ2n) is 19.7. The maximum absolute atomic E-state index is 15.8. The van der Waals surface area contributed by atoms with Gasteiger partial charge in [0, 0.05) is 91.5 Å². The number of methoxy groups -OCH3 is 1. The lowest BCUT2D eigenvalue weighted by molar-refractivity contribution is -0.157. The van der Waals surface area contributed by atoms with Gasteiger partial charge in [0.15, 0.2) is 0 Å². The molecule has 2 amide bonds. The number of cyclic esters (lactones) is 1. The standard InChI is InChI=1S/C47H60F2N8O5S/c1-10-56-35-12-11-28-17-30(35)32(40(56)31-18-29(21-50-38(31)27(4)61-9)55-15-13-54(8)14-16-55)20-45(5,6)24-62-44(60)39-41-46(7,47(41,48)49)23-57(53-39)43(59)33(19-36-51-34(28)22-63-36)52-42(58)37-25(2)26(37)3/h11-12,17-18,21-22,25-27,33,37,39,41,53H,10,13-16,19-20,23-24H2,1-9H3,(H,52,58)/t25-,26+,27-,33-,37?,39-,41-,46+/m0/s1. The maximum atomic E-state index is 15.8. The summed E-state index contributed by atoms with van der Waals surface area (Å²) in [6.45, 7) is 17.4. The average molecular weight is 887 g/mol. The van der Waals surface area contributed by atoms with Gasteiger partial charge in [-0.2, -0.15) is 0 Å². The fourth-order valence-corrected chi connectivity index (χ4v) is 11.3. The third kappa shape index (κ3) is 7.51. The van der Waals surface area contributed by atoms with E-state index in [2.05, 4.69) is 63.3 Å². The van der Waals surface area contributed by atoms with Gasteiger partial charge < -0.3 is 29.2 Å². The van der Waals surface area contributed by atoms with E-state index in [1.54, 1.807) is 7.11 Å². The van der Waals surface area contributed by atoms with Crippen molar-refractivity contribution in [3.8, 4) is 22.5 Å². The molecule has 9 rings (SSSR count). The van der Waals surface area contributed by atoms with Crippen molar-refractivity contribution in [3.05, 3.63) is 52.1 Å². The van der Waals surface area contributed by atoms with E-state index in [1.807, 2.05) is 46.2 Å². The number of carbonyl (C=O) groups excluding carboxylic acids is 3. The number of rotatable bonds is 7. The van der Waals surface area contributed by atoms with E-state index in [4.69, 9.17) is 19.4 Å². The molecule has 8 atom stereocenters. The van der Waals surface area contributed by atoms with Crippen LogP contribution < -0.4 is 15.6 Å². The summed E-state index contributed by atoms with van der Waals surface area (Å²) in [5.74, 6) is -6.25. The van der Waals surface area contributed by atoms with E-state index in [1.165, 1.54) is 18.3 Å². The molecule has 0 radical (unpaired) electrons. The van der Waals surface area contributed by atoms with Crippen molar-refractivity contribution in [2.24, 2.45) is 34.5 Å². The molecular weight excluding hydrogens is 827 g/mol. The highest BCUT2D eigenvalue weighted by Crippen LogP contribution is 2.68. The minimum absolute atomic E-state index is 0.0453. The lowest BCUT2D eigenvalue weighted by Gasteiger charge is -2.37. The van der Waals surface area contributed by atoms with Gasteiger partial charge in [0.25, 0.3) is 11.8 Å². The molecule has 1 aromatic carbocycles. The van der Waals surface area contributed by atoms with Gasteiger partial charge in [0.05, 0.1) is 58.0 Å². The number of hydrogen-bond donors (Lipinski definition) is 2. The monoisotopic (exact) mass is 886 g/mol. The van der Waals surface area contributed by atoms with Crippen LogP contribution in [0.1, 0.15) is 70.8 Å². The summed E-state index contributed by atoms with van der Waals surface area (Å²) in [5.41, 5.74) is 7.97. The molecule has 338 valence electrons. The van der Waals surface area contributed by atoms with E-state index in [0.717, 1.165) is 81.6 Å². The number of esters is 1. The Bertz CT molecular complexity index is 2460. The van der Waals surface area contributed by atoms with Crippen LogP contribution in [0.4, 0.5) is 14.5 Å². The van der Waals surface area contributed by atoms with Gasteiger partial charge in [0.1, 0.15) is 12.1 Å². The smallest absolute Gasteiger partial charge is 0.325 e. The zero-order valence-corrected chi connectivity index (χ0v) is 38.6. The fraction of sp³-hybridized carbons (Fsp3) is 0.596. The lowest BCUT2D eigenvalue weighted by atomic mass is 9.84. The Labute approximate surface area is 371 Å². The number of anilines is 1. The number of alkyl halides is 2. The average Bonchev–Trinajstić information content (AvgIpc) is 3.74. The number of ether oxygens (including phenoxy) is 2. The second-order valence-corrected chi connectivity index (χ2v) is 20.7. The Balaban J connectivity index is 1.18. The fourth-order valence-electron chi connectivity index (χ4n) is 10.5. The number of nitrogens with one attached hydrogen (secondary N) is 2. The van der Waals surface area contributed by atoms with Crippen molar-refractivity contribution in [1.29, 1.82) is 0 Å². The van der Waals surface area contributed by atoms with Crippen molar-refractivity contribution >= 4 is 45.7 Å². The Hall–Kier alpha value is -4.51. The number of benzene rings is 1. The summed E-state index contributed by atoms with van der Waals surface area (Å²) in [5, 5.41) is 7.64. The first-order valence-electron chi connectivity index (χ1n) is 22.4. The zero-order valence-electron chi connectivity index (χ0n) is 37.8. The minimum atomic E-state index is -3.23. The van der Waals surface area contributed by atoms with Gasteiger partial charge >= 0.3 is 5.97 Å². The highest BCUT2D eigenvalue weighted by atomic mass is 32.1. The Kier molecular flexibility index (Phi) is 11.0. The number of nitrogens with zero attached hydrogens (tertiary/aromatic N) is 6. The first kappa shape index (κ1) is 43.7. The summed E-state index contributed by atoms with van der Waals surface area (Å²) in [4.78, 5) is 57.0. The molecule has 2 N–H and O–H groups in total. The van der Waals surface area contributed by atoms with Gasteiger partial charge in [-0.05, 0) is 62.9 Å². The van der Waals surface area contributed by atoms with Crippen LogP contribution in [-0.2, 0) is 43.2 Å². The zero-order chi connectivity index (χ0) is 44.9. The Morgan fingerprint density at radius 3 is 2.52 bits per heavy atom. The molecule has 4 aromatic rings. The number of likely N-dealkylation sites (N-methyl/N-ethyl adjacent to an activating group) is 1. The highest BCUT2D eigenvalue weighted by Gasteiger charge is 2.83. The summed E-state index contributed by atoms with van der Waals surface area (Å²) in [6.07, 6.45) is 2.13. The molecule has 1 unspecified atom stereocenters. The molecule has 6 bridgehead atoms. The number of hydrogen-bond acceptors (Lipinski definition) is 11. The molecule has 0 spiro atoms. The van der Waals surface area contributed by atoms with Crippen molar-refractivity contribution in [2.45, 2.75) is 92.0 Å².